The molecule has 4 nitrogen and oxygen atoms in total. The van der Waals surface area contributed by atoms with Gasteiger partial charge >= 0.3 is 0 Å². The number of nitrogens with zero attached hydrogens (tertiary/aromatic N) is 3. The van der Waals surface area contributed by atoms with E-state index in [0.29, 0.717) is 0 Å². The van der Waals surface area contributed by atoms with E-state index in [1.54, 1.807) is 23.7 Å². The number of nitrogens with one attached hydrogen (secondary N) is 1. The van der Waals surface area contributed by atoms with E-state index in [0.717, 1.165) is 29.2 Å². The van der Waals surface area contributed by atoms with Crippen molar-refractivity contribution in [1.29, 1.82) is 0 Å². The molecule has 0 radical (unpaired) electrons. The molecule has 0 unspecified atom stereocenters. The molecule has 0 fully saturated rings. The van der Waals surface area contributed by atoms with Crippen LogP contribution in [0.1, 0.15) is 34.7 Å². The van der Waals surface area contributed by atoms with E-state index in [2.05, 4.69) is 45.6 Å². The van der Waals surface area contributed by atoms with Gasteiger partial charge in [-0.05, 0) is 49.9 Å². The number of pyridine rings is 1. The Morgan fingerprint density at radius 2 is 1.96 bits per heavy atom. The lowest BCUT2D eigenvalue weighted by Gasteiger charge is -2.16. The van der Waals surface area contributed by atoms with Crippen LogP contribution in [0.15, 0.2) is 42.2 Å². The van der Waals surface area contributed by atoms with Crippen LogP contribution in [0.2, 0.25) is 0 Å². The maximum atomic E-state index is 4.65. The van der Waals surface area contributed by atoms with Gasteiger partial charge in [-0.2, -0.15) is 0 Å². The molecule has 0 spiro atoms. The Morgan fingerprint density at radius 1 is 1.17 bits per heavy atom. The molecule has 0 aliphatic rings. The van der Waals surface area contributed by atoms with Crippen molar-refractivity contribution >= 4 is 11.3 Å². The zero-order chi connectivity index (χ0) is 16.2. The van der Waals surface area contributed by atoms with Gasteiger partial charge in [-0.3, -0.25) is 4.98 Å². The van der Waals surface area contributed by atoms with Crippen LogP contribution in [0.5, 0.6) is 0 Å². The summed E-state index contributed by atoms with van der Waals surface area (Å²) in [5.41, 5.74) is 4.48. The number of aryl methyl sites for hydroxylation is 2. The molecule has 0 aromatic carbocycles. The van der Waals surface area contributed by atoms with Gasteiger partial charge in [0.25, 0.3) is 0 Å². The fourth-order valence-electron chi connectivity index (χ4n) is 2.48. The van der Waals surface area contributed by atoms with Crippen LogP contribution < -0.4 is 5.32 Å². The average Bonchev–Trinajstić information content (AvgIpc) is 2.98. The van der Waals surface area contributed by atoms with Gasteiger partial charge in [0, 0.05) is 52.9 Å². The van der Waals surface area contributed by atoms with Crippen molar-refractivity contribution in [1.82, 2.24) is 20.3 Å². The summed E-state index contributed by atoms with van der Waals surface area (Å²) in [6.07, 6.45) is 5.45. The maximum Gasteiger partial charge on any atom is 0.159 e. The fourth-order valence-corrected chi connectivity index (χ4v) is 3.34. The van der Waals surface area contributed by atoms with Crippen molar-refractivity contribution in [2.75, 3.05) is 0 Å². The van der Waals surface area contributed by atoms with Crippen molar-refractivity contribution < 1.29 is 0 Å². The number of rotatable bonds is 5. The van der Waals surface area contributed by atoms with Crippen LogP contribution >= 0.6 is 11.3 Å². The number of thiophene rings is 1. The standard InChI is InChI=1S/C18H20N4S/c1-12-6-9-23-17(12)11-20-13(2)16-10-21-18(22-14(16)3)15-4-7-19-8-5-15/h4-10,13,20H,11H2,1-3H3/t13-/m1/s1. The summed E-state index contributed by atoms with van der Waals surface area (Å²) in [5.74, 6) is 0.745. The second kappa shape index (κ2) is 6.98. The topological polar surface area (TPSA) is 50.7 Å². The summed E-state index contributed by atoms with van der Waals surface area (Å²) >= 11 is 1.79. The van der Waals surface area contributed by atoms with Crippen molar-refractivity contribution in [3.63, 3.8) is 0 Å². The lowest BCUT2D eigenvalue weighted by Crippen LogP contribution is -2.19. The molecule has 23 heavy (non-hydrogen) atoms. The molecule has 5 heteroatoms. The molecular formula is C18H20N4S. The Hall–Kier alpha value is -2.11. The zero-order valence-corrected chi connectivity index (χ0v) is 14.4. The molecule has 1 atom stereocenters. The molecule has 0 aliphatic carbocycles. The lowest BCUT2D eigenvalue weighted by atomic mass is 10.1. The summed E-state index contributed by atoms with van der Waals surface area (Å²) in [7, 11) is 0. The van der Waals surface area contributed by atoms with Gasteiger partial charge in [0.2, 0.25) is 0 Å². The van der Waals surface area contributed by atoms with E-state index in [-0.39, 0.29) is 6.04 Å². The Balaban J connectivity index is 1.74. The van der Waals surface area contributed by atoms with Crippen LogP contribution in [0, 0.1) is 13.8 Å². The fraction of sp³-hybridized carbons (Fsp3) is 0.278. The van der Waals surface area contributed by atoms with Crippen LogP contribution in [0.25, 0.3) is 11.4 Å². The van der Waals surface area contributed by atoms with E-state index in [4.69, 9.17) is 0 Å². The number of hydrogen-bond acceptors (Lipinski definition) is 5. The van der Waals surface area contributed by atoms with Gasteiger partial charge in [0.05, 0.1) is 0 Å². The van der Waals surface area contributed by atoms with Gasteiger partial charge in [-0.1, -0.05) is 0 Å². The molecule has 0 bridgehead atoms. The van der Waals surface area contributed by atoms with E-state index in [1.165, 1.54) is 10.4 Å². The molecule has 0 aliphatic heterocycles. The monoisotopic (exact) mass is 324 g/mol. The molecule has 3 rings (SSSR count). The van der Waals surface area contributed by atoms with E-state index in [9.17, 15) is 0 Å². The second-order valence-corrected chi connectivity index (χ2v) is 6.60. The van der Waals surface area contributed by atoms with Crippen LogP contribution in [-0.2, 0) is 6.54 Å². The van der Waals surface area contributed by atoms with Gasteiger partial charge in [-0.25, -0.2) is 9.97 Å². The molecule has 0 amide bonds. The summed E-state index contributed by atoms with van der Waals surface area (Å²) in [6.45, 7) is 7.21. The molecule has 3 aromatic rings. The Kier molecular flexibility index (Phi) is 4.79. The third-order valence-corrected chi connectivity index (χ3v) is 4.98. The number of aromatic nitrogens is 3. The summed E-state index contributed by atoms with van der Waals surface area (Å²) in [5, 5.41) is 5.70. The molecule has 0 saturated carbocycles. The highest BCUT2D eigenvalue weighted by atomic mass is 32.1. The normalized spacial score (nSPS) is 12.3. The number of hydrogen-bond donors (Lipinski definition) is 1. The summed E-state index contributed by atoms with van der Waals surface area (Å²) in [6, 6.07) is 6.22. The van der Waals surface area contributed by atoms with Crippen molar-refractivity contribution in [3.8, 4) is 11.4 Å². The highest BCUT2D eigenvalue weighted by Crippen LogP contribution is 2.21. The molecule has 1 N–H and O–H groups in total. The first-order chi connectivity index (χ1) is 11.1. The van der Waals surface area contributed by atoms with Crippen molar-refractivity contribution in [3.05, 3.63) is 63.9 Å². The van der Waals surface area contributed by atoms with Gasteiger partial charge in [-0.15, -0.1) is 11.3 Å². The first-order valence-corrected chi connectivity index (χ1v) is 8.53. The van der Waals surface area contributed by atoms with Crippen LogP contribution in [0.4, 0.5) is 0 Å². The quantitative estimate of drug-likeness (QED) is 0.768. The van der Waals surface area contributed by atoms with E-state index in [1.807, 2.05) is 25.3 Å². The van der Waals surface area contributed by atoms with Gasteiger partial charge in [0.15, 0.2) is 5.82 Å². The third kappa shape index (κ3) is 3.63. The first kappa shape index (κ1) is 15.8. The van der Waals surface area contributed by atoms with Gasteiger partial charge < -0.3 is 5.32 Å². The first-order valence-electron chi connectivity index (χ1n) is 7.65. The maximum absolute atomic E-state index is 4.65. The third-order valence-electron chi connectivity index (χ3n) is 3.96. The minimum Gasteiger partial charge on any atom is -0.305 e. The highest BCUT2D eigenvalue weighted by Gasteiger charge is 2.12. The second-order valence-electron chi connectivity index (χ2n) is 5.60. The Morgan fingerprint density at radius 3 is 2.61 bits per heavy atom. The summed E-state index contributed by atoms with van der Waals surface area (Å²) < 4.78 is 0. The zero-order valence-electron chi connectivity index (χ0n) is 13.6. The van der Waals surface area contributed by atoms with Crippen molar-refractivity contribution in [2.24, 2.45) is 0 Å². The van der Waals surface area contributed by atoms with Crippen molar-refractivity contribution in [2.45, 2.75) is 33.4 Å². The predicted molar refractivity (Wildman–Crippen MR) is 94.3 cm³/mol. The Labute approximate surface area is 140 Å². The largest absolute Gasteiger partial charge is 0.305 e. The molecule has 3 heterocycles. The minimum absolute atomic E-state index is 0.211. The average molecular weight is 324 g/mol. The molecule has 0 saturated heterocycles. The minimum atomic E-state index is 0.211. The van der Waals surface area contributed by atoms with Gasteiger partial charge in [0.1, 0.15) is 0 Å². The molecule has 3 aromatic heterocycles. The molecular weight excluding hydrogens is 304 g/mol. The Bertz CT molecular complexity index is 783. The van der Waals surface area contributed by atoms with Crippen LogP contribution in [0.3, 0.4) is 0 Å². The highest BCUT2D eigenvalue weighted by molar-refractivity contribution is 7.10. The predicted octanol–water partition coefficient (Wildman–Crippen LogP) is 4.07. The van der Waals surface area contributed by atoms with Crippen LogP contribution in [-0.4, -0.2) is 15.0 Å². The smallest absolute Gasteiger partial charge is 0.159 e. The molecule has 118 valence electrons. The summed E-state index contributed by atoms with van der Waals surface area (Å²) in [4.78, 5) is 14.6. The SMILES string of the molecule is Cc1ccsc1CN[C@H](C)c1cnc(-c2ccncc2)nc1C. The lowest BCUT2D eigenvalue weighted by molar-refractivity contribution is 0.571. The van der Waals surface area contributed by atoms with E-state index >= 15 is 0 Å². The van der Waals surface area contributed by atoms with E-state index < -0.39 is 0 Å².